The van der Waals surface area contributed by atoms with Gasteiger partial charge in [-0.15, -0.1) is 36.6 Å². The van der Waals surface area contributed by atoms with Gasteiger partial charge in [-0.3, -0.25) is 9.78 Å². The summed E-state index contributed by atoms with van der Waals surface area (Å²) in [7, 11) is 0. The van der Waals surface area contributed by atoms with E-state index < -0.39 is 0 Å². The minimum Gasteiger partial charge on any atom is -0.337 e. The second-order valence-corrected chi connectivity index (χ2v) is 5.48. The lowest BCUT2D eigenvalue weighted by Gasteiger charge is -2.33. The number of nitrogens with one attached hydrogen (secondary N) is 1. The second kappa shape index (κ2) is 10.3. The number of pyridine rings is 1. The summed E-state index contributed by atoms with van der Waals surface area (Å²) in [6.45, 7) is 4.73. The summed E-state index contributed by atoms with van der Waals surface area (Å²) >= 11 is 1.66. The standard InChI is InChI=1S/C13H19N3OS.2ClH/c1-11-7-15-5-6-16(11)13(17)10-18-9-12-3-2-4-14-8-12;;/h2-4,8,11,15H,5-7,9-10H2,1H3;2*1H/t11-;;/m0../s1. The number of piperazine rings is 1. The van der Waals surface area contributed by atoms with Crippen molar-refractivity contribution < 1.29 is 4.79 Å². The van der Waals surface area contributed by atoms with Crippen molar-refractivity contribution in [2.24, 2.45) is 0 Å². The van der Waals surface area contributed by atoms with Crippen molar-refractivity contribution >= 4 is 42.5 Å². The van der Waals surface area contributed by atoms with Crippen molar-refractivity contribution in [1.82, 2.24) is 15.2 Å². The third kappa shape index (κ3) is 5.87. The van der Waals surface area contributed by atoms with Crippen LogP contribution in [0.4, 0.5) is 0 Å². The van der Waals surface area contributed by atoms with Crippen LogP contribution in [-0.4, -0.2) is 47.2 Å². The van der Waals surface area contributed by atoms with Crippen molar-refractivity contribution in [2.75, 3.05) is 25.4 Å². The zero-order valence-corrected chi connectivity index (χ0v) is 13.9. The Morgan fingerprint density at radius 2 is 2.35 bits per heavy atom. The van der Waals surface area contributed by atoms with Gasteiger partial charge in [-0.1, -0.05) is 6.07 Å². The molecule has 1 aliphatic heterocycles. The molecule has 1 saturated heterocycles. The molecule has 1 N–H and O–H groups in total. The largest absolute Gasteiger partial charge is 0.337 e. The lowest BCUT2D eigenvalue weighted by Crippen LogP contribution is -2.52. The lowest BCUT2D eigenvalue weighted by atomic mass is 10.2. The van der Waals surface area contributed by atoms with E-state index in [2.05, 4.69) is 17.2 Å². The Kier molecular flexibility index (Phi) is 10.0. The van der Waals surface area contributed by atoms with E-state index in [9.17, 15) is 4.79 Å². The molecule has 20 heavy (non-hydrogen) atoms. The maximum atomic E-state index is 12.1. The first-order chi connectivity index (χ1) is 8.77. The van der Waals surface area contributed by atoms with Crippen LogP contribution in [0.25, 0.3) is 0 Å². The van der Waals surface area contributed by atoms with E-state index in [1.807, 2.05) is 23.2 Å². The van der Waals surface area contributed by atoms with E-state index in [1.165, 1.54) is 5.56 Å². The van der Waals surface area contributed by atoms with Gasteiger partial charge in [0.15, 0.2) is 0 Å². The van der Waals surface area contributed by atoms with Crippen molar-refractivity contribution in [1.29, 1.82) is 0 Å². The minimum absolute atomic E-state index is 0. The Morgan fingerprint density at radius 3 is 3.00 bits per heavy atom. The highest BCUT2D eigenvalue weighted by atomic mass is 35.5. The molecule has 0 unspecified atom stereocenters. The Hall–Kier alpha value is -0.490. The van der Waals surface area contributed by atoms with E-state index >= 15 is 0 Å². The van der Waals surface area contributed by atoms with Gasteiger partial charge in [-0.2, -0.15) is 0 Å². The van der Waals surface area contributed by atoms with E-state index in [4.69, 9.17) is 0 Å². The van der Waals surface area contributed by atoms with Crippen LogP contribution in [0.1, 0.15) is 12.5 Å². The van der Waals surface area contributed by atoms with Crippen molar-refractivity contribution in [3.63, 3.8) is 0 Å². The van der Waals surface area contributed by atoms with E-state index in [1.54, 1.807) is 18.0 Å². The summed E-state index contributed by atoms with van der Waals surface area (Å²) in [5, 5.41) is 3.29. The van der Waals surface area contributed by atoms with Crippen molar-refractivity contribution in [3.05, 3.63) is 30.1 Å². The molecule has 2 rings (SSSR count). The van der Waals surface area contributed by atoms with Gasteiger partial charge in [-0.25, -0.2) is 0 Å². The molecule has 1 aliphatic rings. The van der Waals surface area contributed by atoms with Gasteiger partial charge in [0.25, 0.3) is 0 Å². The van der Waals surface area contributed by atoms with Crippen LogP contribution in [0.5, 0.6) is 0 Å². The average Bonchev–Trinajstić information content (AvgIpc) is 2.40. The van der Waals surface area contributed by atoms with E-state index in [0.717, 1.165) is 25.4 Å². The van der Waals surface area contributed by atoms with Gasteiger partial charge >= 0.3 is 0 Å². The topological polar surface area (TPSA) is 45.2 Å². The molecule has 0 saturated carbocycles. The Labute approximate surface area is 136 Å². The maximum absolute atomic E-state index is 12.1. The average molecular weight is 338 g/mol. The highest BCUT2D eigenvalue weighted by Gasteiger charge is 2.22. The molecule has 0 aliphatic carbocycles. The monoisotopic (exact) mass is 337 g/mol. The third-order valence-corrected chi connectivity index (χ3v) is 4.03. The first-order valence-electron chi connectivity index (χ1n) is 6.24. The van der Waals surface area contributed by atoms with Crippen LogP contribution >= 0.6 is 36.6 Å². The molecule has 0 bridgehead atoms. The molecule has 1 amide bonds. The van der Waals surface area contributed by atoms with Gasteiger partial charge < -0.3 is 10.2 Å². The highest BCUT2D eigenvalue weighted by Crippen LogP contribution is 2.13. The van der Waals surface area contributed by atoms with Crippen LogP contribution in [-0.2, 0) is 10.5 Å². The normalized spacial score (nSPS) is 17.9. The molecule has 2 heterocycles. The number of amides is 1. The molecule has 0 radical (unpaired) electrons. The van der Waals surface area contributed by atoms with Gasteiger partial charge in [0.2, 0.25) is 5.91 Å². The predicted molar refractivity (Wildman–Crippen MR) is 88.9 cm³/mol. The van der Waals surface area contributed by atoms with E-state index in [0.29, 0.717) is 11.8 Å². The lowest BCUT2D eigenvalue weighted by molar-refractivity contribution is -0.131. The number of rotatable bonds is 4. The molecular weight excluding hydrogens is 317 g/mol. The summed E-state index contributed by atoms with van der Waals surface area (Å²) in [6.07, 6.45) is 3.62. The Balaban J connectivity index is 0.00000180. The third-order valence-electron chi connectivity index (χ3n) is 3.04. The molecule has 1 fully saturated rings. The fraction of sp³-hybridized carbons (Fsp3) is 0.538. The summed E-state index contributed by atoms with van der Waals surface area (Å²) in [4.78, 5) is 18.1. The maximum Gasteiger partial charge on any atom is 0.232 e. The molecule has 1 aromatic heterocycles. The summed E-state index contributed by atoms with van der Waals surface area (Å²) < 4.78 is 0. The van der Waals surface area contributed by atoms with Crippen molar-refractivity contribution in [3.8, 4) is 0 Å². The second-order valence-electron chi connectivity index (χ2n) is 4.49. The molecule has 7 heteroatoms. The molecule has 1 atom stereocenters. The van der Waals surface area contributed by atoms with Gasteiger partial charge in [0.1, 0.15) is 0 Å². The fourth-order valence-corrected chi connectivity index (χ4v) is 2.88. The van der Waals surface area contributed by atoms with Gasteiger partial charge in [-0.05, 0) is 18.6 Å². The van der Waals surface area contributed by atoms with Crippen LogP contribution < -0.4 is 5.32 Å². The highest BCUT2D eigenvalue weighted by molar-refractivity contribution is 7.99. The number of carbonyl (C=O) groups is 1. The van der Waals surface area contributed by atoms with Gasteiger partial charge in [0.05, 0.1) is 5.75 Å². The molecule has 114 valence electrons. The number of hydrogen-bond acceptors (Lipinski definition) is 4. The molecule has 1 aromatic rings. The Morgan fingerprint density at radius 1 is 1.55 bits per heavy atom. The van der Waals surface area contributed by atoms with Crippen LogP contribution in [0.2, 0.25) is 0 Å². The minimum atomic E-state index is 0. The van der Waals surface area contributed by atoms with Gasteiger partial charge in [0, 0.05) is 43.8 Å². The van der Waals surface area contributed by atoms with Crippen LogP contribution in [0.15, 0.2) is 24.5 Å². The molecular formula is C13H21Cl2N3OS. The van der Waals surface area contributed by atoms with E-state index in [-0.39, 0.29) is 30.7 Å². The Bertz CT molecular complexity index is 394. The summed E-state index contributed by atoms with van der Waals surface area (Å²) in [6, 6.07) is 4.28. The van der Waals surface area contributed by atoms with Crippen LogP contribution in [0, 0.1) is 0 Å². The number of thioether (sulfide) groups is 1. The van der Waals surface area contributed by atoms with Crippen molar-refractivity contribution in [2.45, 2.75) is 18.7 Å². The zero-order chi connectivity index (χ0) is 12.8. The smallest absolute Gasteiger partial charge is 0.232 e. The SMILES string of the molecule is C[C@H]1CNCCN1C(=O)CSCc1cccnc1.Cl.Cl. The molecule has 0 aromatic carbocycles. The summed E-state index contributed by atoms with van der Waals surface area (Å²) in [5.74, 6) is 1.65. The number of nitrogens with zero attached hydrogens (tertiary/aromatic N) is 2. The number of carbonyl (C=O) groups excluding carboxylic acids is 1. The molecule has 4 nitrogen and oxygen atoms in total. The van der Waals surface area contributed by atoms with Crippen LogP contribution in [0.3, 0.4) is 0 Å². The molecule has 0 spiro atoms. The zero-order valence-electron chi connectivity index (χ0n) is 11.4. The number of halogens is 2. The first kappa shape index (κ1) is 19.5. The first-order valence-corrected chi connectivity index (χ1v) is 7.39. The fourth-order valence-electron chi connectivity index (χ4n) is 2.03. The number of hydrogen-bond donors (Lipinski definition) is 1. The number of aromatic nitrogens is 1. The summed E-state index contributed by atoms with van der Waals surface area (Å²) in [5.41, 5.74) is 1.17. The quantitative estimate of drug-likeness (QED) is 0.912. The predicted octanol–water partition coefficient (Wildman–Crippen LogP) is 1.98.